The molecule has 2 rings (SSSR count). The van der Waals surface area contributed by atoms with Crippen molar-refractivity contribution in [1.29, 1.82) is 0 Å². The van der Waals surface area contributed by atoms with Crippen molar-refractivity contribution < 1.29 is 0 Å². The van der Waals surface area contributed by atoms with Crippen LogP contribution in [0.5, 0.6) is 0 Å². The van der Waals surface area contributed by atoms with Gasteiger partial charge in [-0.25, -0.2) is 9.97 Å². The average Bonchev–Trinajstić information content (AvgIpc) is 2.39. The molecule has 1 saturated carbocycles. The fourth-order valence-electron chi connectivity index (χ4n) is 2.98. The number of aromatic nitrogens is 2. The third-order valence-electron chi connectivity index (χ3n) is 4.36. The van der Waals surface area contributed by atoms with Crippen LogP contribution in [-0.4, -0.2) is 16.5 Å². The van der Waals surface area contributed by atoms with Gasteiger partial charge in [-0.1, -0.05) is 52.1 Å². The first kappa shape index (κ1) is 16.5. The van der Waals surface area contributed by atoms with Crippen LogP contribution in [0.3, 0.4) is 0 Å². The van der Waals surface area contributed by atoms with Crippen LogP contribution in [0.1, 0.15) is 64.8 Å². The zero-order valence-corrected chi connectivity index (χ0v) is 14.7. The lowest BCUT2D eigenvalue weighted by atomic mass is 9.82. The Bertz CT molecular complexity index is 494. The lowest BCUT2D eigenvalue weighted by molar-refractivity contribution is 0.293. The lowest BCUT2D eigenvalue weighted by Crippen LogP contribution is -2.23. The number of nitrogens with zero attached hydrogens (tertiary/aromatic N) is 2. The molecule has 1 heterocycles. The Kier molecular flexibility index (Phi) is 5.13. The lowest BCUT2D eigenvalue weighted by Gasteiger charge is -2.27. The molecule has 0 spiro atoms. The van der Waals surface area contributed by atoms with Crippen LogP contribution in [0.2, 0.25) is 5.15 Å². The van der Waals surface area contributed by atoms with Gasteiger partial charge in [0.25, 0.3) is 0 Å². The molecule has 1 fully saturated rings. The summed E-state index contributed by atoms with van der Waals surface area (Å²) in [6, 6.07) is 0. The van der Waals surface area contributed by atoms with Crippen LogP contribution in [0.25, 0.3) is 0 Å². The first-order chi connectivity index (χ1) is 9.77. The van der Waals surface area contributed by atoms with Gasteiger partial charge in [0.1, 0.15) is 16.8 Å². The Morgan fingerprint density at radius 2 is 1.95 bits per heavy atom. The van der Waals surface area contributed by atoms with Gasteiger partial charge in [-0.05, 0) is 31.6 Å². The van der Waals surface area contributed by atoms with E-state index in [4.69, 9.17) is 16.6 Å². The molecule has 1 aliphatic rings. The average molecular weight is 310 g/mol. The van der Waals surface area contributed by atoms with Crippen LogP contribution in [0.4, 0.5) is 5.82 Å². The predicted molar refractivity (Wildman–Crippen MR) is 90.1 cm³/mol. The van der Waals surface area contributed by atoms with E-state index in [1.165, 1.54) is 25.7 Å². The van der Waals surface area contributed by atoms with E-state index in [2.05, 4.69) is 38.0 Å². The predicted octanol–water partition coefficient (Wildman–Crippen LogP) is 4.97. The largest absolute Gasteiger partial charge is 0.369 e. The summed E-state index contributed by atoms with van der Waals surface area (Å²) in [7, 11) is 0. The van der Waals surface area contributed by atoms with Crippen LogP contribution in [0.15, 0.2) is 0 Å². The van der Waals surface area contributed by atoms with Gasteiger partial charge in [0.15, 0.2) is 0 Å². The molecule has 0 radical (unpaired) electrons. The summed E-state index contributed by atoms with van der Waals surface area (Å²) in [6.45, 7) is 11.7. The zero-order chi connectivity index (χ0) is 15.6. The Hall–Kier alpha value is -0.830. The highest BCUT2D eigenvalue weighted by Gasteiger charge is 2.22. The van der Waals surface area contributed by atoms with Gasteiger partial charge in [-0.2, -0.15) is 0 Å². The fraction of sp³-hybridized carbons (Fsp3) is 0.765. The van der Waals surface area contributed by atoms with Gasteiger partial charge >= 0.3 is 0 Å². The molecule has 3 nitrogen and oxygen atoms in total. The third kappa shape index (κ3) is 4.32. The quantitative estimate of drug-likeness (QED) is 0.801. The number of hydrogen-bond acceptors (Lipinski definition) is 3. The van der Waals surface area contributed by atoms with E-state index in [0.717, 1.165) is 35.6 Å². The van der Waals surface area contributed by atoms with Crippen molar-refractivity contribution in [2.45, 2.75) is 65.7 Å². The molecule has 2 unspecified atom stereocenters. The molecule has 2 atom stereocenters. The van der Waals surface area contributed by atoms with Crippen LogP contribution in [-0.2, 0) is 5.41 Å². The van der Waals surface area contributed by atoms with E-state index in [-0.39, 0.29) is 5.41 Å². The van der Waals surface area contributed by atoms with Crippen LogP contribution < -0.4 is 5.32 Å². The molecule has 0 bridgehead atoms. The van der Waals surface area contributed by atoms with Gasteiger partial charge in [-0.3, -0.25) is 0 Å². The smallest absolute Gasteiger partial charge is 0.137 e. The second-order valence-electron chi connectivity index (χ2n) is 7.58. The van der Waals surface area contributed by atoms with Gasteiger partial charge in [-0.15, -0.1) is 0 Å². The fourth-order valence-corrected chi connectivity index (χ4v) is 3.15. The minimum atomic E-state index is -0.0902. The molecule has 0 aromatic carbocycles. The van der Waals surface area contributed by atoms with E-state index in [0.29, 0.717) is 5.15 Å². The molecule has 0 aliphatic heterocycles. The summed E-state index contributed by atoms with van der Waals surface area (Å²) in [6.07, 6.45) is 5.37. The molecule has 118 valence electrons. The van der Waals surface area contributed by atoms with Crippen molar-refractivity contribution in [3.8, 4) is 0 Å². The highest BCUT2D eigenvalue weighted by molar-refractivity contribution is 6.30. The summed E-state index contributed by atoms with van der Waals surface area (Å²) in [4.78, 5) is 9.13. The molecule has 1 aromatic heterocycles. The topological polar surface area (TPSA) is 37.8 Å². The van der Waals surface area contributed by atoms with Gasteiger partial charge < -0.3 is 5.32 Å². The number of rotatable bonds is 3. The monoisotopic (exact) mass is 309 g/mol. The van der Waals surface area contributed by atoms with E-state index >= 15 is 0 Å². The Balaban J connectivity index is 2.10. The minimum absolute atomic E-state index is 0.0902. The van der Waals surface area contributed by atoms with Crippen LogP contribution in [0, 0.1) is 18.8 Å². The van der Waals surface area contributed by atoms with E-state index in [1.54, 1.807) is 0 Å². The Morgan fingerprint density at radius 1 is 1.24 bits per heavy atom. The minimum Gasteiger partial charge on any atom is -0.369 e. The van der Waals surface area contributed by atoms with Crippen molar-refractivity contribution >= 4 is 17.4 Å². The molecule has 0 amide bonds. The maximum Gasteiger partial charge on any atom is 0.137 e. The number of halogens is 1. The van der Waals surface area contributed by atoms with Crippen molar-refractivity contribution in [2.75, 3.05) is 11.9 Å². The first-order valence-electron chi connectivity index (χ1n) is 8.06. The Morgan fingerprint density at radius 3 is 2.57 bits per heavy atom. The molecular weight excluding hydrogens is 282 g/mol. The number of hydrogen-bond donors (Lipinski definition) is 1. The first-order valence-corrected chi connectivity index (χ1v) is 8.43. The van der Waals surface area contributed by atoms with Crippen molar-refractivity contribution in [2.24, 2.45) is 11.8 Å². The van der Waals surface area contributed by atoms with Gasteiger partial charge in [0, 0.05) is 17.5 Å². The summed E-state index contributed by atoms with van der Waals surface area (Å²) in [5.41, 5.74) is 0.862. The van der Waals surface area contributed by atoms with Crippen molar-refractivity contribution in [1.82, 2.24) is 9.97 Å². The molecule has 21 heavy (non-hydrogen) atoms. The number of anilines is 1. The zero-order valence-electron chi connectivity index (χ0n) is 14.0. The molecule has 0 saturated heterocycles. The molecule has 1 aliphatic carbocycles. The highest BCUT2D eigenvalue weighted by atomic mass is 35.5. The highest BCUT2D eigenvalue weighted by Crippen LogP contribution is 2.30. The van der Waals surface area contributed by atoms with Gasteiger partial charge in [0.2, 0.25) is 0 Å². The summed E-state index contributed by atoms with van der Waals surface area (Å²) >= 11 is 6.28. The normalized spacial score (nSPS) is 23.1. The molecule has 1 aromatic rings. The van der Waals surface area contributed by atoms with E-state index < -0.39 is 0 Å². The summed E-state index contributed by atoms with van der Waals surface area (Å²) in [5, 5.41) is 4.09. The Labute approximate surface area is 133 Å². The van der Waals surface area contributed by atoms with Crippen molar-refractivity contribution in [3.63, 3.8) is 0 Å². The van der Waals surface area contributed by atoms with Crippen LogP contribution >= 0.6 is 11.6 Å². The van der Waals surface area contributed by atoms with Crippen molar-refractivity contribution in [3.05, 3.63) is 16.5 Å². The second kappa shape index (κ2) is 6.51. The van der Waals surface area contributed by atoms with E-state index in [1.807, 2.05) is 6.92 Å². The molecule has 1 N–H and O–H groups in total. The standard InChI is InChI=1S/C17H28ClN3/c1-11-7-6-8-13(9-11)10-19-15-12(2)14(18)20-16(21-15)17(3,4)5/h11,13H,6-10H2,1-5H3,(H,19,20,21). The van der Waals surface area contributed by atoms with Gasteiger partial charge in [0.05, 0.1) is 0 Å². The second-order valence-corrected chi connectivity index (χ2v) is 7.94. The maximum atomic E-state index is 6.28. The third-order valence-corrected chi connectivity index (χ3v) is 4.73. The van der Waals surface area contributed by atoms with E-state index in [9.17, 15) is 0 Å². The summed E-state index contributed by atoms with van der Waals surface area (Å²) < 4.78 is 0. The SMILES string of the molecule is Cc1c(Cl)nc(C(C)(C)C)nc1NCC1CCCC(C)C1. The maximum absolute atomic E-state index is 6.28. The summed E-state index contributed by atoms with van der Waals surface area (Å²) in [5.74, 6) is 3.31. The number of nitrogens with one attached hydrogen (secondary N) is 1. The molecule has 4 heteroatoms. The molecular formula is C17H28ClN3.